The summed E-state index contributed by atoms with van der Waals surface area (Å²) in [6.07, 6.45) is 0.272. The fraction of sp³-hybridized carbons (Fsp3) is 0.400. The van der Waals surface area contributed by atoms with Gasteiger partial charge in [-0.15, -0.1) is 0 Å². The summed E-state index contributed by atoms with van der Waals surface area (Å²) in [6, 6.07) is 14.8. The number of hydrogen-bond acceptors (Lipinski definition) is 5. The maximum Gasteiger partial charge on any atom is 0.213 e. The summed E-state index contributed by atoms with van der Waals surface area (Å²) < 4.78 is 36.6. The van der Waals surface area contributed by atoms with Crippen molar-refractivity contribution in [1.82, 2.24) is 4.31 Å². The molecule has 6 nitrogen and oxygen atoms in total. The molecule has 1 unspecified atom stereocenters. The van der Waals surface area contributed by atoms with Crippen LogP contribution in [-0.4, -0.2) is 51.4 Å². The molecule has 0 aromatic heterocycles. The average Bonchev–Trinajstić information content (AvgIpc) is 2.67. The third kappa shape index (κ3) is 5.95. The van der Waals surface area contributed by atoms with E-state index >= 15 is 0 Å². The molecule has 2 aromatic rings. The summed E-state index contributed by atoms with van der Waals surface area (Å²) in [5, 5.41) is 10.4. The molecule has 0 saturated heterocycles. The number of ether oxygens (including phenoxy) is 2. The van der Waals surface area contributed by atoms with Gasteiger partial charge in [0.1, 0.15) is 0 Å². The molecule has 0 aliphatic carbocycles. The molecular formula is C20H27NO5S. The van der Waals surface area contributed by atoms with Crippen LogP contribution in [0.1, 0.15) is 23.7 Å². The van der Waals surface area contributed by atoms with Crippen LogP contribution in [0, 0.1) is 0 Å². The molecule has 0 spiro atoms. The summed E-state index contributed by atoms with van der Waals surface area (Å²) in [5.74, 6) is 1.08. The van der Waals surface area contributed by atoms with Crippen LogP contribution in [0.3, 0.4) is 0 Å². The Kier molecular flexibility index (Phi) is 7.65. The predicted octanol–water partition coefficient (Wildman–Crippen LogP) is 2.63. The van der Waals surface area contributed by atoms with Gasteiger partial charge in [-0.3, -0.25) is 0 Å². The van der Waals surface area contributed by atoms with Crippen LogP contribution in [0.4, 0.5) is 0 Å². The van der Waals surface area contributed by atoms with Crippen molar-refractivity contribution < 1.29 is 23.0 Å². The lowest BCUT2D eigenvalue weighted by Crippen LogP contribution is -2.33. The Balaban J connectivity index is 1.94. The van der Waals surface area contributed by atoms with Crippen molar-refractivity contribution in [1.29, 1.82) is 0 Å². The van der Waals surface area contributed by atoms with Crippen molar-refractivity contribution in [3.63, 3.8) is 0 Å². The van der Waals surface area contributed by atoms with Crippen LogP contribution >= 0.6 is 0 Å². The molecule has 0 radical (unpaired) electrons. The van der Waals surface area contributed by atoms with E-state index in [9.17, 15) is 13.5 Å². The summed E-state index contributed by atoms with van der Waals surface area (Å²) in [6.45, 7) is -0.0246. The van der Waals surface area contributed by atoms with Crippen molar-refractivity contribution in [2.24, 2.45) is 0 Å². The Morgan fingerprint density at radius 1 is 1.04 bits per heavy atom. The molecule has 0 heterocycles. The van der Waals surface area contributed by atoms with Crippen molar-refractivity contribution in [3.05, 3.63) is 59.7 Å². The number of rotatable bonds is 10. The molecule has 0 bridgehead atoms. The normalized spacial score (nSPS) is 12.8. The zero-order valence-corrected chi connectivity index (χ0v) is 16.8. The maximum atomic E-state index is 12.5. The quantitative estimate of drug-likeness (QED) is 0.672. The molecule has 27 heavy (non-hydrogen) atoms. The smallest absolute Gasteiger partial charge is 0.213 e. The lowest BCUT2D eigenvalue weighted by Gasteiger charge is -2.21. The molecule has 148 valence electrons. The summed E-state index contributed by atoms with van der Waals surface area (Å²) >= 11 is 0. The Morgan fingerprint density at radius 2 is 1.70 bits per heavy atom. The van der Waals surface area contributed by atoms with E-state index in [1.165, 1.54) is 25.6 Å². The lowest BCUT2D eigenvalue weighted by atomic mass is 10.1. The van der Waals surface area contributed by atoms with Gasteiger partial charge in [0.2, 0.25) is 10.0 Å². The highest BCUT2D eigenvalue weighted by Gasteiger charge is 2.22. The van der Waals surface area contributed by atoms with Crippen LogP contribution < -0.4 is 9.47 Å². The largest absolute Gasteiger partial charge is 0.493 e. The van der Waals surface area contributed by atoms with E-state index in [0.29, 0.717) is 29.9 Å². The predicted molar refractivity (Wildman–Crippen MR) is 106 cm³/mol. The number of nitrogens with zero attached hydrogens (tertiary/aromatic N) is 1. The van der Waals surface area contributed by atoms with E-state index in [-0.39, 0.29) is 12.3 Å². The third-order valence-electron chi connectivity index (χ3n) is 4.41. The van der Waals surface area contributed by atoms with Crippen LogP contribution in [0.5, 0.6) is 11.5 Å². The molecule has 1 atom stereocenters. The van der Waals surface area contributed by atoms with Crippen molar-refractivity contribution >= 4 is 10.0 Å². The maximum absolute atomic E-state index is 12.5. The molecule has 7 heteroatoms. The monoisotopic (exact) mass is 393 g/mol. The Bertz CT molecular complexity index is 824. The Morgan fingerprint density at radius 3 is 2.33 bits per heavy atom. The lowest BCUT2D eigenvalue weighted by molar-refractivity contribution is 0.154. The molecule has 2 rings (SSSR count). The molecule has 0 saturated carbocycles. The van der Waals surface area contributed by atoms with Crippen LogP contribution in [0.2, 0.25) is 0 Å². The van der Waals surface area contributed by atoms with Crippen LogP contribution in [-0.2, 0) is 16.4 Å². The summed E-state index contributed by atoms with van der Waals surface area (Å²) in [5.41, 5.74) is 1.68. The van der Waals surface area contributed by atoms with Gasteiger partial charge < -0.3 is 14.6 Å². The van der Waals surface area contributed by atoms with Gasteiger partial charge in [0.15, 0.2) is 11.5 Å². The van der Waals surface area contributed by atoms with Gasteiger partial charge in [-0.25, -0.2) is 12.7 Å². The van der Waals surface area contributed by atoms with Gasteiger partial charge >= 0.3 is 0 Å². The third-order valence-corrected chi connectivity index (χ3v) is 6.31. The minimum atomic E-state index is -3.44. The first kappa shape index (κ1) is 21.2. The average molecular weight is 394 g/mol. The molecule has 0 fully saturated rings. The molecular weight excluding hydrogens is 366 g/mol. The van der Waals surface area contributed by atoms with Gasteiger partial charge in [-0.1, -0.05) is 36.4 Å². The molecule has 1 N–H and O–H groups in total. The number of likely N-dealkylation sites (N-methyl/N-ethyl adjacent to an activating group) is 1. The van der Waals surface area contributed by atoms with Crippen LogP contribution in [0.15, 0.2) is 48.5 Å². The molecule has 2 aromatic carbocycles. The van der Waals surface area contributed by atoms with E-state index in [1.54, 1.807) is 18.2 Å². The molecule has 0 aliphatic rings. The standard InChI is InChI=1S/C20H27NO5S/c1-21(27(23,24)13-7-10-16-8-5-4-6-9-16)15-18(22)17-11-12-19(25-2)20(14-17)26-3/h4-6,8-9,11-12,14,18,22H,7,10,13,15H2,1-3H3. The first-order valence-electron chi connectivity index (χ1n) is 8.75. The topological polar surface area (TPSA) is 76.1 Å². The van der Waals surface area contributed by atoms with Crippen LogP contribution in [0.25, 0.3) is 0 Å². The molecule has 0 amide bonds. The summed E-state index contributed by atoms with van der Waals surface area (Å²) in [7, 11) is 1.09. The van der Waals surface area contributed by atoms with E-state index in [2.05, 4.69) is 0 Å². The first-order valence-corrected chi connectivity index (χ1v) is 10.4. The SMILES string of the molecule is COc1ccc(C(O)CN(C)S(=O)(=O)CCCc2ccccc2)cc1OC. The highest BCUT2D eigenvalue weighted by molar-refractivity contribution is 7.89. The van der Waals surface area contributed by atoms with E-state index in [0.717, 1.165) is 5.56 Å². The first-order chi connectivity index (χ1) is 12.9. The van der Waals surface area contributed by atoms with Crippen molar-refractivity contribution in [3.8, 4) is 11.5 Å². The fourth-order valence-electron chi connectivity index (χ4n) is 2.78. The highest BCUT2D eigenvalue weighted by atomic mass is 32.2. The minimum Gasteiger partial charge on any atom is -0.493 e. The van der Waals surface area contributed by atoms with Gasteiger partial charge in [-0.2, -0.15) is 0 Å². The van der Waals surface area contributed by atoms with Crippen molar-refractivity contribution in [2.75, 3.05) is 33.6 Å². The second-order valence-electron chi connectivity index (χ2n) is 6.32. The van der Waals surface area contributed by atoms with E-state index in [1.807, 2.05) is 30.3 Å². The highest BCUT2D eigenvalue weighted by Crippen LogP contribution is 2.30. The van der Waals surface area contributed by atoms with Gasteiger partial charge in [0, 0.05) is 13.6 Å². The number of benzene rings is 2. The van der Waals surface area contributed by atoms with E-state index < -0.39 is 16.1 Å². The van der Waals surface area contributed by atoms with Gasteiger partial charge in [0.25, 0.3) is 0 Å². The second kappa shape index (κ2) is 9.73. The Hall–Kier alpha value is -2.09. The van der Waals surface area contributed by atoms with Gasteiger partial charge in [0.05, 0.1) is 26.1 Å². The number of methoxy groups -OCH3 is 2. The zero-order valence-electron chi connectivity index (χ0n) is 16.0. The number of aliphatic hydroxyl groups is 1. The minimum absolute atomic E-state index is 0.0246. The second-order valence-corrected chi connectivity index (χ2v) is 8.51. The number of sulfonamides is 1. The number of hydrogen-bond donors (Lipinski definition) is 1. The fourth-order valence-corrected chi connectivity index (χ4v) is 3.97. The zero-order chi connectivity index (χ0) is 19.9. The number of aryl methyl sites for hydroxylation is 1. The summed E-state index contributed by atoms with van der Waals surface area (Å²) in [4.78, 5) is 0. The van der Waals surface area contributed by atoms with E-state index in [4.69, 9.17) is 9.47 Å². The van der Waals surface area contributed by atoms with Gasteiger partial charge in [-0.05, 0) is 36.1 Å². The Labute approximate surface area is 161 Å². The van der Waals surface area contributed by atoms with Crippen molar-refractivity contribution in [2.45, 2.75) is 18.9 Å². The number of aliphatic hydroxyl groups excluding tert-OH is 1. The molecule has 0 aliphatic heterocycles.